The van der Waals surface area contributed by atoms with E-state index < -0.39 is 17.6 Å². The monoisotopic (exact) mass is 324 g/mol. The zero-order valence-electron chi connectivity index (χ0n) is 11.6. The van der Waals surface area contributed by atoms with Crippen molar-refractivity contribution in [3.8, 4) is 5.75 Å². The van der Waals surface area contributed by atoms with Gasteiger partial charge in [0, 0.05) is 12.1 Å². The highest BCUT2D eigenvalue weighted by atomic mass is 35.5. The van der Waals surface area contributed by atoms with Crippen LogP contribution in [0, 0.1) is 0 Å². The quantitative estimate of drug-likeness (QED) is 0.905. The van der Waals surface area contributed by atoms with Gasteiger partial charge in [0.2, 0.25) is 0 Å². The van der Waals surface area contributed by atoms with Crippen molar-refractivity contribution < 1.29 is 22.7 Å². The summed E-state index contributed by atoms with van der Waals surface area (Å²) in [5.41, 5.74) is 2.15. The van der Waals surface area contributed by atoms with Gasteiger partial charge in [-0.2, -0.15) is 13.2 Å². The van der Waals surface area contributed by atoms with E-state index in [4.69, 9.17) is 22.1 Å². The first kappa shape index (κ1) is 17.6. The number of hydrogen-bond donors (Lipinski definition) is 1. The van der Waals surface area contributed by atoms with Crippen molar-refractivity contribution in [3.05, 3.63) is 29.3 Å². The predicted octanol–water partition coefficient (Wildman–Crippen LogP) is 2.46. The molecule has 4 nitrogen and oxygen atoms in total. The zero-order chi connectivity index (χ0) is 16.3. The first-order valence-corrected chi connectivity index (χ1v) is 6.43. The molecule has 1 rings (SSSR count). The van der Waals surface area contributed by atoms with E-state index in [1.807, 2.05) is 0 Å². The lowest BCUT2D eigenvalue weighted by molar-refractivity contribution is -0.193. The molecule has 0 aromatic heterocycles. The molecule has 1 amide bonds. The number of likely N-dealkylation sites (N-methyl/N-ethyl adjacent to an activating group) is 1. The van der Waals surface area contributed by atoms with E-state index in [0.717, 1.165) is 4.90 Å². The van der Waals surface area contributed by atoms with Crippen molar-refractivity contribution in [2.24, 2.45) is 5.73 Å². The van der Waals surface area contributed by atoms with Crippen molar-refractivity contribution in [2.45, 2.75) is 18.6 Å². The van der Waals surface area contributed by atoms with Gasteiger partial charge in [-0.25, -0.2) is 0 Å². The Morgan fingerprint density at radius 1 is 1.33 bits per heavy atom. The van der Waals surface area contributed by atoms with E-state index >= 15 is 0 Å². The summed E-state index contributed by atoms with van der Waals surface area (Å²) < 4.78 is 43.3. The SMILES string of the molecule is CN(CCOc1ccc(Cl)cc1)C(=O)C(C)(N)C(F)(F)F. The Bertz CT molecular complexity index is 489. The fourth-order valence-corrected chi connectivity index (χ4v) is 1.58. The molecule has 1 unspecified atom stereocenters. The highest BCUT2D eigenvalue weighted by Crippen LogP contribution is 2.29. The molecule has 0 fully saturated rings. The first-order valence-electron chi connectivity index (χ1n) is 6.05. The van der Waals surface area contributed by atoms with E-state index in [2.05, 4.69) is 0 Å². The second-order valence-electron chi connectivity index (χ2n) is 4.73. The average Bonchev–Trinajstić information content (AvgIpc) is 2.38. The number of rotatable bonds is 5. The standard InChI is InChI=1S/C13H16ClF3N2O2/c1-12(18,13(15,16)17)11(20)19(2)7-8-21-10-5-3-9(14)4-6-10/h3-6H,7-8,18H2,1-2H3. The average molecular weight is 325 g/mol. The zero-order valence-corrected chi connectivity index (χ0v) is 12.3. The molecule has 8 heteroatoms. The molecule has 0 aliphatic heterocycles. The van der Waals surface area contributed by atoms with Gasteiger partial charge in [0.05, 0.1) is 6.54 Å². The van der Waals surface area contributed by atoms with Crippen molar-refractivity contribution in [1.29, 1.82) is 0 Å². The van der Waals surface area contributed by atoms with Gasteiger partial charge in [0.15, 0.2) is 5.54 Å². The number of amides is 1. The van der Waals surface area contributed by atoms with Gasteiger partial charge in [-0.1, -0.05) is 11.6 Å². The molecule has 118 valence electrons. The van der Waals surface area contributed by atoms with Crippen molar-refractivity contribution >= 4 is 17.5 Å². The minimum Gasteiger partial charge on any atom is -0.492 e. The maximum absolute atomic E-state index is 12.7. The molecule has 0 saturated heterocycles. The van der Waals surface area contributed by atoms with Gasteiger partial charge in [-0.3, -0.25) is 4.79 Å². The number of alkyl halides is 3. The lowest BCUT2D eigenvalue weighted by Crippen LogP contribution is -2.61. The Morgan fingerprint density at radius 2 is 1.86 bits per heavy atom. The van der Waals surface area contributed by atoms with Crippen LogP contribution in [-0.2, 0) is 4.79 Å². The third kappa shape index (κ3) is 4.50. The molecule has 2 N–H and O–H groups in total. The fraction of sp³-hybridized carbons (Fsp3) is 0.462. The van der Waals surface area contributed by atoms with E-state index in [9.17, 15) is 18.0 Å². The summed E-state index contributed by atoms with van der Waals surface area (Å²) in [5.74, 6) is -0.707. The van der Waals surface area contributed by atoms with Crippen LogP contribution in [0.4, 0.5) is 13.2 Å². The second kappa shape index (κ2) is 6.53. The van der Waals surface area contributed by atoms with Crippen LogP contribution >= 0.6 is 11.6 Å². The molecule has 1 atom stereocenters. The van der Waals surface area contributed by atoms with Crippen LogP contribution in [0.15, 0.2) is 24.3 Å². The van der Waals surface area contributed by atoms with Crippen LogP contribution in [0.3, 0.4) is 0 Å². The maximum Gasteiger partial charge on any atom is 0.415 e. The number of carbonyl (C=O) groups is 1. The van der Waals surface area contributed by atoms with Crippen LogP contribution in [0.5, 0.6) is 5.75 Å². The van der Waals surface area contributed by atoms with Gasteiger partial charge >= 0.3 is 6.18 Å². The van der Waals surface area contributed by atoms with Crippen LogP contribution < -0.4 is 10.5 Å². The van der Waals surface area contributed by atoms with Gasteiger partial charge in [0.1, 0.15) is 12.4 Å². The molecule has 0 aliphatic carbocycles. The summed E-state index contributed by atoms with van der Waals surface area (Å²) in [6.45, 7) is 0.661. The number of benzene rings is 1. The molecule has 1 aromatic carbocycles. The van der Waals surface area contributed by atoms with Crippen LogP contribution in [0.1, 0.15) is 6.92 Å². The predicted molar refractivity (Wildman–Crippen MR) is 73.2 cm³/mol. The summed E-state index contributed by atoms with van der Waals surface area (Å²) >= 11 is 5.70. The summed E-state index contributed by atoms with van der Waals surface area (Å²) in [4.78, 5) is 12.6. The molecule has 0 radical (unpaired) electrons. The highest BCUT2D eigenvalue weighted by Gasteiger charge is 2.54. The second-order valence-corrected chi connectivity index (χ2v) is 5.17. The number of carbonyl (C=O) groups excluding carboxylic acids is 1. The van der Waals surface area contributed by atoms with Crippen molar-refractivity contribution in [1.82, 2.24) is 4.90 Å². The van der Waals surface area contributed by atoms with Crippen LogP contribution in [0.2, 0.25) is 5.02 Å². The summed E-state index contributed by atoms with van der Waals surface area (Å²) in [6.07, 6.45) is -4.81. The van der Waals surface area contributed by atoms with Gasteiger partial charge < -0.3 is 15.4 Å². The molecule has 0 aliphatic rings. The smallest absolute Gasteiger partial charge is 0.415 e. The number of nitrogens with two attached hydrogens (primary N) is 1. The number of nitrogens with zero attached hydrogens (tertiary/aromatic N) is 1. The lowest BCUT2D eigenvalue weighted by Gasteiger charge is -2.30. The largest absolute Gasteiger partial charge is 0.492 e. The van der Waals surface area contributed by atoms with Crippen molar-refractivity contribution in [2.75, 3.05) is 20.2 Å². The molecule has 1 aromatic rings. The van der Waals surface area contributed by atoms with Crippen LogP contribution in [0.25, 0.3) is 0 Å². The summed E-state index contributed by atoms with van der Waals surface area (Å²) in [6, 6.07) is 6.47. The van der Waals surface area contributed by atoms with E-state index in [1.54, 1.807) is 24.3 Å². The Labute approximate surface area is 125 Å². The minimum absolute atomic E-state index is 0.0235. The highest BCUT2D eigenvalue weighted by molar-refractivity contribution is 6.30. The Kier molecular flexibility index (Phi) is 5.47. The normalized spacial score (nSPS) is 14.4. The number of ether oxygens (including phenoxy) is 1. The van der Waals surface area contributed by atoms with Crippen LogP contribution in [-0.4, -0.2) is 42.7 Å². The van der Waals surface area contributed by atoms with Gasteiger partial charge in [0.25, 0.3) is 5.91 Å². The van der Waals surface area contributed by atoms with Crippen molar-refractivity contribution in [3.63, 3.8) is 0 Å². The molecule has 0 spiro atoms. The number of halogens is 4. The molecule has 21 heavy (non-hydrogen) atoms. The minimum atomic E-state index is -4.81. The van der Waals surface area contributed by atoms with E-state index in [-0.39, 0.29) is 13.2 Å². The summed E-state index contributed by atoms with van der Waals surface area (Å²) in [7, 11) is 1.24. The summed E-state index contributed by atoms with van der Waals surface area (Å²) in [5, 5.41) is 0.540. The van der Waals surface area contributed by atoms with E-state index in [1.165, 1.54) is 7.05 Å². The fourth-order valence-electron chi connectivity index (χ4n) is 1.45. The molecular weight excluding hydrogens is 309 g/mol. The van der Waals surface area contributed by atoms with Gasteiger partial charge in [-0.15, -0.1) is 0 Å². The Hall–Kier alpha value is -1.47. The third-order valence-corrected chi connectivity index (χ3v) is 3.14. The number of hydrogen-bond acceptors (Lipinski definition) is 3. The third-order valence-electron chi connectivity index (χ3n) is 2.89. The Morgan fingerprint density at radius 3 is 2.33 bits per heavy atom. The maximum atomic E-state index is 12.7. The first-order chi connectivity index (χ1) is 9.55. The topological polar surface area (TPSA) is 55.6 Å². The van der Waals surface area contributed by atoms with E-state index in [0.29, 0.717) is 17.7 Å². The molecule has 0 heterocycles. The molecule has 0 bridgehead atoms. The van der Waals surface area contributed by atoms with Gasteiger partial charge in [-0.05, 0) is 31.2 Å². The molecule has 0 saturated carbocycles. The Balaban J connectivity index is 2.52. The molecular formula is C13H16ClF3N2O2. The lowest BCUT2D eigenvalue weighted by atomic mass is 10.0.